The van der Waals surface area contributed by atoms with Crippen molar-refractivity contribution in [2.75, 3.05) is 27.9 Å². The van der Waals surface area contributed by atoms with Gasteiger partial charge in [0.1, 0.15) is 0 Å². The number of hydrogen-bond acceptors (Lipinski definition) is 4. The van der Waals surface area contributed by atoms with E-state index in [0.29, 0.717) is 5.73 Å². The van der Waals surface area contributed by atoms with Gasteiger partial charge in [0.2, 0.25) is 0 Å². The molecule has 1 fully saturated rings. The van der Waals surface area contributed by atoms with E-state index in [-0.39, 0.29) is 0 Å². The lowest BCUT2D eigenvalue weighted by Crippen LogP contribution is -2.70. The summed E-state index contributed by atoms with van der Waals surface area (Å²) < 4.78 is 22.8. The molecule has 0 aromatic rings. The molecule has 0 spiro atoms. The summed E-state index contributed by atoms with van der Waals surface area (Å²) >= 11 is 0. The van der Waals surface area contributed by atoms with Crippen LogP contribution in [0.15, 0.2) is 0 Å². The highest BCUT2D eigenvalue weighted by molar-refractivity contribution is 7.34. The Morgan fingerprint density at radius 3 is 1.94 bits per heavy atom. The molecule has 1 aliphatic heterocycles. The van der Waals surface area contributed by atoms with Gasteiger partial charge in [0.15, 0.2) is 7.59 Å². The van der Waals surface area contributed by atoms with Crippen LogP contribution in [0, 0.1) is 0 Å². The van der Waals surface area contributed by atoms with E-state index in [1.807, 2.05) is 0 Å². The number of rotatable bonds is 5. The molecule has 1 rings (SSSR count). The van der Waals surface area contributed by atoms with Gasteiger partial charge in [-0.2, -0.15) is 0 Å². The normalized spacial score (nSPS) is 23.4. The van der Waals surface area contributed by atoms with Gasteiger partial charge in [-0.1, -0.05) is 13.1 Å². The summed E-state index contributed by atoms with van der Waals surface area (Å²) in [6, 6.07) is 0. The molecular formula is C10H24O4Si2. The summed E-state index contributed by atoms with van der Waals surface area (Å²) in [6.45, 7) is 5.38. The molecular weight excluding hydrogens is 240 g/mol. The lowest BCUT2D eigenvalue weighted by atomic mass is 10.2. The molecule has 0 aromatic heterocycles. The van der Waals surface area contributed by atoms with Crippen LogP contribution in [-0.4, -0.2) is 49.6 Å². The lowest BCUT2D eigenvalue weighted by molar-refractivity contribution is 0.0562. The van der Waals surface area contributed by atoms with Crippen molar-refractivity contribution in [3.05, 3.63) is 0 Å². The van der Waals surface area contributed by atoms with Crippen molar-refractivity contribution >= 4 is 15.9 Å². The fourth-order valence-electron chi connectivity index (χ4n) is 2.55. The van der Waals surface area contributed by atoms with Crippen LogP contribution in [0.25, 0.3) is 0 Å². The van der Waals surface area contributed by atoms with E-state index in [2.05, 4.69) is 13.1 Å². The van der Waals surface area contributed by atoms with E-state index in [1.165, 1.54) is 12.8 Å². The summed E-state index contributed by atoms with van der Waals surface area (Å²) in [7, 11) is 0.723. The first-order chi connectivity index (χ1) is 7.54. The van der Waals surface area contributed by atoms with Gasteiger partial charge in [-0.3, -0.25) is 0 Å². The fourth-order valence-corrected chi connectivity index (χ4v) is 13.1. The molecule has 6 heteroatoms. The molecule has 0 amide bonds. The minimum atomic E-state index is -2.52. The molecule has 0 saturated carbocycles. The largest absolute Gasteiger partial charge is 0.471 e. The summed E-state index contributed by atoms with van der Waals surface area (Å²) in [4.78, 5) is 0. The molecule has 1 unspecified atom stereocenters. The SMILES string of the molecule is CO[Si](OC)(OC)[Si](C)(C)C1CCCCO1. The molecule has 1 heterocycles. The topological polar surface area (TPSA) is 36.9 Å². The Hall–Kier alpha value is 0.274. The van der Waals surface area contributed by atoms with Crippen LogP contribution < -0.4 is 0 Å². The van der Waals surface area contributed by atoms with Crippen molar-refractivity contribution in [3.63, 3.8) is 0 Å². The first-order valence-corrected chi connectivity index (χ1v) is 11.6. The van der Waals surface area contributed by atoms with Crippen molar-refractivity contribution in [1.82, 2.24) is 0 Å². The van der Waals surface area contributed by atoms with Crippen LogP contribution in [0.1, 0.15) is 19.3 Å². The molecule has 96 valence electrons. The number of hydrogen-bond donors (Lipinski definition) is 0. The van der Waals surface area contributed by atoms with Crippen molar-refractivity contribution in [1.29, 1.82) is 0 Å². The third-order valence-corrected chi connectivity index (χ3v) is 16.4. The van der Waals surface area contributed by atoms with Crippen molar-refractivity contribution in [2.24, 2.45) is 0 Å². The minimum Gasteiger partial charge on any atom is -0.382 e. The van der Waals surface area contributed by atoms with Crippen LogP contribution in [0.3, 0.4) is 0 Å². The highest BCUT2D eigenvalue weighted by atomic mass is 29.3. The Morgan fingerprint density at radius 1 is 1.00 bits per heavy atom. The van der Waals surface area contributed by atoms with Gasteiger partial charge in [-0.15, -0.1) is 0 Å². The second-order valence-electron chi connectivity index (χ2n) is 4.75. The zero-order valence-corrected chi connectivity index (χ0v) is 13.0. The molecule has 0 N–H and O–H groups in total. The minimum absolute atomic E-state index is 0.299. The average Bonchev–Trinajstić information content (AvgIpc) is 2.33. The Balaban J connectivity index is 2.86. The molecule has 0 radical (unpaired) electrons. The standard InChI is InChI=1S/C10H24O4Si2/c1-11-16(12-2,13-3)15(4,5)10-8-6-7-9-14-10/h10H,6-9H2,1-5H3. The molecule has 0 aromatic carbocycles. The summed E-state index contributed by atoms with van der Waals surface area (Å²) in [5.74, 6) is 0. The molecule has 1 saturated heterocycles. The Kier molecular flexibility index (Phi) is 5.15. The maximum atomic E-state index is 5.91. The van der Waals surface area contributed by atoms with Gasteiger partial charge in [-0.05, 0) is 19.3 Å². The van der Waals surface area contributed by atoms with Gasteiger partial charge >= 0.3 is 8.32 Å². The predicted molar refractivity (Wildman–Crippen MR) is 67.9 cm³/mol. The van der Waals surface area contributed by atoms with Gasteiger partial charge in [0.25, 0.3) is 0 Å². The molecule has 1 aliphatic rings. The predicted octanol–water partition coefficient (Wildman–Crippen LogP) is 1.76. The van der Waals surface area contributed by atoms with Gasteiger partial charge in [0, 0.05) is 27.9 Å². The van der Waals surface area contributed by atoms with E-state index in [1.54, 1.807) is 21.3 Å². The third kappa shape index (κ3) is 2.41. The highest BCUT2D eigenvalue weighted by Gasteiger charge is 2.60. The second-order valence-corrected chi connectivity index (χ2v) is 16.9. The third-order valence-electron chi connectivity index (χ3n) is 3.58. The van der Waals surface area contributed by atoms with Gasteiger partial charge in [-0.25, -0.2) is 0 Å². The van der Waals surface area contributed by atoms with Crippen LogP contribution in [0.2, 0.25) is 13.1 Å². The van der Waals surface area contributed by atoms with Crippen LogP contribution in [0.4, 0.5) is 0 Å². The van der Waals surface area contributed by atoms with E-state index in [0.717, 1.165) is 13.0 Å². The fraction of sp³-hybridized carbons (Fsp3) is 1.00. The van der Waals surface area contributed by atoms with Gasteiger partial charge in [0.05, 0.1) is 5.73 Å². The van der Waals surface area contributed by atoms with Crippen LogP contribution >= 0.6 is 0 Å². The molecule has 16 heavy (non-hydrogen) atoms. The van der Waals surface area contributed by atoms with E-state index in [9.17, 15) is 0 Å². The summed E-state index contributed by atoms with van der Waals surface area (Å²) in [5.41, 5.74) is 0.299. The Bertz CT molecular complexity index is 205. The summed E-state index contributed by atoms with van der Waals surface area (Å²) in [6.07, 6.45) is 3.52. The quantitative estimate of drug-likeness (QED) is 0.709. The van der Waals surface area contributed by atoms with Crippen molar-refractivity contribution in [3.8, 4) is 0 Å². The zero-order valence-electron chi connectivity index (χ0n) is 11.0. The first-order valence-electron chi connectivity index (χ1n) is 5.81. The molecule has 1 atom stereocenters. The zero-order chi connectivity index (χ0) is 12.2. The lowest BCUT2D eigenvalue weighted by Gasteiger charge is -2.43. The monoisotopic (exact) mass is 264 g/mol. The molecule has 4 nitrogen and oxygen atoms in total. The van der Waals surface area contributed by atoms with Gasteiger partial charge < -0.3 is 18.0 Å². The smallest absolute Gasteiger partial charge is 0.382 e. The number of ether oxygens (including phenoxy) is 1. The van der Waals surface area contributed by atoms with Crippen molar-refractivity contribution < 1.29 is 18.0 Å². The van der Waals surface area contributed by atoms with E-state index >= 15 is 0 Å². The Labute approximate surface area is 100 Å². The second kappa shape index (κ2) is 5.74. The maximum Gasteiger partial charge on any atom is 0.471 e. The Morgan fingerprint density at radius 2 is 1.56 bits per heavy atom. The van der Waals surface area contributed by atoms with Crippen LogP contribution in [0.5, 0.6) is 0 Å². The van der Waals surface area contributed by atoms with E-state index < -0.39 is 15.9 Å². The molecule has 0 bridgehead atoms. The molecule has 0 aliphatic carbocycles. The summed E-state index contributed by atoms with van der Waals surface area (Å²) in [5, 5.41) is 0. The first kappa shape index (κ1) is 14.3. The van der Waals surface area contributed by atoms with Crippen molar-refractivity contribution in [2.45, 2.75) is 38.1 Å². The maximum absolute atomic E-state index is 5.91. The average molecular weight is 264 g/mol. The van der Waals surface area contributed by atoms with E-state index in [4.69, 9.17) is 18.0 Å². The van der Waals surface area contributed by atoms with Crippen LogP contribution in [-0.2, 0) is 18.0 Å². The highest BCUT2D eigenvalue weighted by Crippen LogP contribution is 2.30.